The number of hydrogen-bond acceptors (Lipinski definition) is 3. The number of carbonyl (C=O) groups is 1. The second kappa shape index (κ2) is 7.25. The molecule has 0 aromatic rings. The smallest absolute Gasteiger partial charge is 0.236 e. The predicted octanol–water partition coefficient (Wildman–Crippen LogP) is 1.49. The van der Waals surface area contributed by atoms with Crippen LogP contribution < -0.4 is 11.1 Å². The molecule has 0 aromatic carbocycles. The van der Waals surface area contributed by atoms with Crippen LogP contribution in [0.1, 0.15) is 51.4 Å². The van der Waals surface area contributed by atoms with Crippen LogP contribution >= 0.6 is 0 Å². The van der Waals surface area contributed by atoms with Crippen LogP contribution in [0.15, 0.2) is 0 Å². The highest BCUT2D eigenvalue weighted by Gasteiger charge is 2.24. The zero-order chi connectivity index (χ0) is 13.7. The Bertz CT molecular complexity index is 289. The molecule has 4 heteroatoms. The van der Waals surface area contributed by atoms with Crippen molar-refractivity contribution < 1.29 is 4.79 Å². The highest BCUT2D eigenvalue weighted by molar-refractivity contribution is 5.81. The number of nitrogens with two attached hydrogens (primary N) is 1. The molecule has 1 saturated heterocycles. The molecule has 3 N–H and O–H groups in total. The first-order valence-electron chi connectivity index (χ1n) is 7.90. The van der Waals surface area contributed by atoms with Crippen LogP contribution in [0.3, 0.4) is 0 Å². The van der Waals surface area contributed by atoms with Gasteiger partial charge < -0.3 is 16.0 Å². The minimum absolute atomic E-state index is 0.0471. The minimum atomic E-state index is -0.310. The minimum Gasteiger partial charge on any atom is -0.353 e. The van der Waals surface area contributed by atoms with E-state index in [1.807, 2.05) is 0 Å². The third-order valence-electron chi connectivity index (χ3n) is 4.83. The molecule has 2 atom stereocenters. The molecule has 0 spiro atoms. The molecule has 1 amide bonds. The van der Waals surface area contributed by atoms with Gasteiger partial charge in [-0.15, -0.1) is 0 Å². The van der Waals surface area contributed by atoms with Gasteiger partial charge in [-0.25, -0.2) is 0 Å². The number of carbonyl (C=O) groups excluding carboxylic acids is 1. The topological polar surface area (TPSA) is 58.4 Å². The highest BCUT2D eigenvalue weighted by Crippen LogP contribution is 2.26. The summed E-state index contributed by atoms with van der Waals surface area (Å²) in [7, 11) is 2.13. The van der Waals surface area contributed by atoms with Gasteiger partial charge in [0.25, 0.3) is 0 Å². The molecule has 2 unspecified atom stereocenters. The van der Waals surface area contributed by atoms with Gasteiger partial charge in [0.05, 0.1) is 6.04 Å². The fourth-order valence-corrected chi connectivity index (χ4v) is 3.48. The average Bonchev–Trinajstić information content (AvgIpc) is 2.82. The van der Waals surface area contributed by atoms with Crippen LogP contribution in [0.5, 0.6) is 0 Å². The lowest BCUT2D eigenvalue weighted by molar-refractivity contribution is -0.123. The van der Waals surface area contributed by atoms with E-state index in [1.54, 1.807) is 0 Å². The number of likely N-dealkylation sites (N-methyl/N-ethyl adjacent to an activating group) is 1. The third kappa shape index (κ3) is 4.46. The Morgan fingerprint density at radius 2 is 2.00 bits per heavy atom. The SMILES string of the molecule is CN1CCCC1CNC(=O)C(N)CC1CCCCC1. The second-order valence-corrected chi connectivity index (χ2v) is 6.37. The number of rotatable bonds is 5. The number of hydrogen-bond donors (Lipinski definition) is 2. The van der Waals surface area contributed by atoms with Crippen molar-refractivity contribution in [2.24, 2.45) is 11.7 Å². The van der Waals surface area contributed by atoms with Gasteiger partial charge in [0, 0.05) is 12.6 Å². The molecule has 2 aliphatic rings. The van der Waals surface area contributed by atoms with E-state index in [4.69, 9.17) is 5.73 Å². The Labute approximate surface area is 117 Å². The molecule has 1 saturated carbocycles. The lowest BCUT2D eigenvalue weighted by atomic mass is 9.85. The van der Waals surface area contributed by atoms with Gasteiger partial charge in [0.2, 0.25) is 5.91 Å². The molecular formula is C15H29N3O. The van der Waals surface area contributed by atoms with Gasteiger partial charge in [-0.3, -0.25) is 4.79 Å². The zero-order valence-corrected chi connectivity index (χ0v) is 12.2. The van der Waals surface area contributed by atoms with Crippen molar-refractivity contribution >= 4 is 5.91 Å². The Hall–Kier alpha value is -0.610. The molecule has 1 aliphatic carbocycles. The van der Waals surface area contributed by atoms with E-state index in [0.29, 0.717) is 12.0 Å². The Kier molecular flexibility index (Phi) is 5.64. The van der Waals surface area contributed by atoms with Gasteiger partial charge in [-0.1, -0.05) is 32.1 Å². The van der Waals surface area contributed by atoms with Gasteiger partial charge in [0.15, 0.2) is 0 Å². The van der Waals surface area contributed by atoms with E-state index in [2.05, 4.69) is 17.3 Å². The van der Waals surface area contributed by atoms with Gasteiger partial charge in [-0.05, 0) is 38.8 Å². The standard InChI is InChI=1S/C15H29N3O/c1-18-9-5-8-13(18)11-17-15(19)14(16)10-12-6-3-2-4-7-12/h12-14H,2-11,16H2,1H3,(H,17,19). The molecule has 0 bridgehead atoms. The third-order valence-corrected chi connectivity index (χ3v) is 4.83. The van der Waals surface area contributed by atoms with E-state index in [1.165, 1.54) is 44.9 Å². The first-order chi connectivity index (χ1) is 9.16. The highest BCUT2D eigenvalue weighted by atomic mass is 16.2. The summed E-state index contributed by atoms with van der Waals surface area (Å²) >= 11 is 0. The maximum atomic E-state index is 12.0. The summed E-state index contributed by atoms with van der Waals surface area (Å²) in [6.07, 6.45) is 9.79. The Morgan fingerprint density at radius 3 is 2.63 bits per heavy atom. The lowest BCUT2D eigenvalue weighted by Gasteiger charge is -2.25. The predicted molar refractivity (Wildman–Crippen MR) is 77.8 cm³/mol. The van der Waals surface area contributed by atoms with Crippen LogP contribution in [0.2, 0.25) is 0 Å². The molecule has 19 heavy (non-hydrogen) atoms. The number of amides is 1. The second-order valence-electron chi connectivity index (χ2n) is 6.37. The maximum absolute atomic E-state index is 12.0. The van der Waals surface area contributed by atoms with E-state index in [9.17, 15) is 4.79 Å². The van der Waals surface area contributed by atoms with Crippen molar-refractivity contribution in [3.05, 3.63) is 0 Å². The van der Waals surface area contributed by atoms with E-state index >= 15 is 0 Å². The van der Waals surface area contributed by atoms with Crippen LogP contribution in [-0.2, 0) is 4.79 Å². The quantitative estimate of drug-likeness (QED) is 0.793. The fraction of sp³-hybridized carbons (Fsp3) is 0.933. The monoisotopic (exact) mass is 267 g/mol. The Balaban J connectivity index is 1.66. The molecular weight excluding hydrogens is 238 g/mol. The van der Waals surface area contributed by atoms with Crippen molar-refractivity contribution in [1.82, 2.24) is 10.2 Å². The van der Waals surface area contributed by atoms with Crippen molar-refractivity contribution in [2.45, 2.75) is 63.5 Å². The van der Waals surface area contributed by atoms with E-state index in [0.717, 1.165) is 19.5 Å². The van der Waals surface area contributed by atoms with Crippen molar-refractivity contribution in [3.63, 3.8) is 0 Å². The molecule has 4 nitrogen and oxygen atoms in total. The lowest BCUT2D eigenvalue weighted by Crippen LogP contribution is -2.46. The van der Waals surface area contributed by atoms with Gasteiger partial charge >= 0.3 is 0 Å². The maximum Gasteiger partial charge on any atom is 0.236 e. The zero-order valence-electron chi connectivity index (χ0n) is 12.2. The molecule has 110 valence electrons. The van der Waals surface area contributed by atoms with E-state index in [-0.39, 0.29) is 11.9 Å². The summed E-state index contributed by atoms with van der Waals surface area (Å²) in [5, 5.41) is 3.04. The molecule has 0 aromatic heterocycles. The van der Waals surface area contributed by atoms with Crippen molar-refractivity contribution in [2.75, 3.05) is 20.1 Å². The van der Waals surface area contributed by atoms with Crippen LogP contribution in [-0.4, -0.2) is 43.0 Å². The van der Waals surface area contributed by atoms with E-state index < -0.39 is 0 Å². The summed E-state index contributed by atoms with van der Waals surface area (Å²) in [6, 6.07) is 0.195. The largest absolute Gasteiger partial charge is 0.353 e. The molecule has 1 aliphatic heterocycles. The first-order valence-corrected chi connectivity index (χ1v) is 7.90. The van der Waals surface area contributed by atoms with Crippen LogP contribution in [0.25, 0.3) is 0 Å². The molecule has 2 fully saturated rings. The summed E-state index contributed by atoms with van der Waals surface area (Å²) in [6.45, 7) is 1.91. The summed E-state index contributed by atoms with van der Waals surface area (Å²) in [5.74, 6) is 0.717. The average molecular weight is 267 g/mol. The van der Waals surface area contributed by atoms with Gasteiger partial charge in [0.1, 0.15) is 0 Å². The van der Waals surface area contributed by atoms with Gasteiger partial charge in [-0.2, -0.15) is 0 Å². The van der Waals surface area contributed by atoms with Crippen molar-refractivity contribution in [3.8, 4) is 0 Å². The summed E-state index contributed by atoms with van der Waals surface area (Å²) in [4.78, 5) is 14.4. The number of likely N-dealkylation sites (tertiary alicyclic amines) is 1. The summed E-state index contributed by atoms with van der Waals surface area (Å²) < 4.78 is 0. The summed E-state index contributed by atoms with van der Waals surface area (Å²) in [5.41, 5.74) is 6.04. The normalized spacial score (nSPS) is 27.4. The van der Waals surface area contributed by atoms with Crippen molar-refractivity contribution in [1.29, 1.82) is 0 Å². The number of nitrogens with one attached hydrogen (secondary N) is 1. The van der Waals surface area contributed by atoms with Crippen LogP contribution in [0, 0.1) is 5.92 Å². The first kappa shape index (κ1) is 14.8. The Morgan fingerprint density at radius 1 is 1.26 bits per heavy atom. The molecule has 1 heterocycles. The molecule has 2 rings (SSSR count). The number of nitrogens with zero attached hydrogens (tertiary/aromatic N) is 1. The van der Waals surface area contributed by atoms with Crippen LogP contribution in [0.4, 0.5) is 0 Å². The molecule has 0 radical (unpaired) electrons. The fourth-order valence-electron chi connectivity index (χ4n) is 3.48.